The standard InChI is InChI=1S/C38H57N7O5/c1-8-24(2)35-37(48)40-25(3)36-41-32(20-26-12-15-30(49-6)31(19-26)50-7)43-45(36)23-34(47)39-16-10-18-44(17-9-11-33(46)42-35)22-27-13-14-28-21-29(27)38(28,4)5/h12-13,15,19,24-25,28-29,35H,8-11,14,16-18,20-23H2,1-7H3,(H,39,47)(H,40,48)(H,42,46)/t24-,25+,28-,29-,35-/m0/s1. The summed E-state index contributed by atoms with van der Waals surface area (Å²) >= 11 is 0. The van der Waals surface area contributed by atoms with Crippen LogP contribution in [0.4, 0.5) is 0 Å². The summed E-state index contributed by atoms with van der Waals surface area (Å²) in [7, 11) is 3.18. The predicted molar refractivity (Wildman–Crippen MR) is 192 cm³/mol. The van der Waals surface area contributed by atoms with Gasteiger partial charge in [0.15, 0.2) is 17.3 Å². The third-order valence-electron chi connectivity index (χ3n) is 11.2. The van der Waals surface area contributed by atoms with Crippen LogP contribution in [0, 0.1) is 23.2 Å². The van der Waals surface area contributed by atoms with Crippen LogP contribution in [0.1, 0.15) is 96.4 Å². The van der Waals surface area contributed by atoms with Crippen molar-refractivity contribution in [1.29, 1.82) is 0 Å². The van der Waals surface area contributed by atoms with Gasteiger partial charge in [-0.3, -0.25) is 19.3 Å². The minimum Gasteiger partial charge on any atom is -0.493 e. The predicted octanol–water partition coefficient (Wildman–Crippen LogP) is 4.19. The number of aromatic nitrogens is 3. The lowest BCUT2D eigenvalue weighted by Crippen LogP contribution is -2.51. The van der Waals surface area contributed by atoms with Crippen LogP contribution in [0.3, 0.4) is 0 Å². The van der Waals surface area contributed by atoms with Crippen LogP contribution in [0.2, 0.25) is 0 Å². The maximum atomic E-state index is 13.7. The Kier molecular flexibility index (Phi) is 12.2. The van der Waals surface area contributed by atoms with Crippen LogP contribution in [-0.4, -0.2) is 83.8 Å². The second kappa shape index (κ2) is 16.4. The number of benzene rings is 1. The summed E-state index contributed by atoms with van der Waals surface area (Å²) in [6.07, 6.45) is 7.78. The molecule has 0 saturated heterocycles. The van der Waals surface area contributed by atoms with Crippen molar-refractivity contribution in [2.75, 3.05) is 40.4 Å². The van der Waals surface area contributed by atoms with Gasteiger partial charge in [-0.05, 0) is 80.0 Å². The van der Waals surface area contributed by atoms with Gasteiger partial charge >= 0.3 is 0 Å². The van der Waals surface area contributed by atoms with E-state index in [1.54, 1.807) is 18.9 Å². The molecule has 1 aromatic carbocycles. The van der Waals surface area contributed by atoms with Gasteiger partial charge in [-0.25, -0.2) is 9.67 Å². The van der Waals surface area contributed by atoms with E-state index in [4.69, 9.17) is 19.6 Å². The molecule has 0 spiro atoms. The lowest BCUT2D eigenvalue weighted by atomic mass is 9.49. The van der Waals surface area contributed by atoms with Crippen molar-refractivity contribution in [1.82, 2.24) is 35.6 Å². The van der Waals surface area contributed by atoms with Crippen molar-refractivity contribution in [3.8, 4) is 11.5 Å². The highest BCUT2D eigenvalue weighted by atomic mass is 16.5. The van der Waals surface area contributed by atoms with E-state index in [0.717, 1.165) is 50.4 Å². The van der Waals surface area contributed by atoms with Crippen molar-refractivity contribution >= 4 is 17.7 Å². The number of carbonyl (C=O) groups is 3. The number of ether oxygens (including phenoxy) is 2. The average Bonchev–Trinajstić information content (AvgIpc) is 3.49. The van der Waals surface area contributed by atoms with Crippen LogP contribution in [-0.2, 0) is 27.3 Å². The fraction of sp³-hybridized carbons (Fsp3) is 0.658. The van der Waals surface area contributed by atoms with E-state index < -0.39 is 12.1 Å². The molecule has 1 aliphatic heterocycles. The second-order valence-electron chi connectivity index (χ2n) is 15.0. The van der Waals surface area contributed by atoms with Crippen molar-refractivity contribution in [2.24, 2.45) is 23.2 Å². The van der Waals surface area contributed by atoms with Gasteiger partial charge in [0.2, 0.25) is 17.7 Å². The Morgan fingerprint density at radius 3 is 2.50 bits per heavy atom. The summed E-state index contributed by atoms with van der Waals surface area (Å²) in [6, 6.07) is 4.36. The summed E-state index contributed by atoms with van der Waals surface area (Å²) < 4.78 is 12.4. The molecular formula is C38H57N7O5. The van der Waals surface area contributed by atoms with E-state index in [9.17, 15) is 14.4 Å². The lowest BCUT2D eigenvalue weighted by Gasteiger charge is -2.57. The minimum absolute atomic E-state index is 0.0332. The molecule has 2 aromatic rings. The molecule has 12 nitrogen and oxygen atoms in total. The van der Waals surface area contributed by atoms with Gasteiger partial charge in [-0.15, -0.1) is 0 Å². The Morgan fingerprint density at radius 2 is 1.80 bits per heavy atom. The van der Waals surface area contributed by atoms with Gasteiger partial charge in [0.05, 0.1) is 20.3 Å². The third kappa shape index (κ3) is 8.68. The third-order valence-corrected chi connectivity index (χ3v) is 11.2. The van der Waals surface area contributed by atoms with Gasteiger partial charge in [0, 0.05) is 32.5 Å². The number of amides is 3. The van der Waals surface area contributed by atoms with E-state index in [1.807, 2.05) is 39.0 Å². The van der Waals surface area contributed by atoms with Gasteiger partial charge in [0.25, 0.3) is 0 Å². The average molecular weight is 692 g/mol. The molecule has 50 heavy (non-hydrogen) atoms. The zero-order valence-electron chi connectivity index (χ0n) is 31.0. The van der Waals surface area contributed by atoms with Gasteiger partial charge in [0.1, 0.15) is 18.4 Å². The molecule has 274 valence electrons. The molecule has 1 fully saturated rings. The Bertz CT molecular complexity index is 1550. The van der Waals surface area contributed by atoms with Gasteiger partial charge in [-0.1, -0.05) is 51.8 Å². The molecular weight excluding hydrogens is 634 g/mol. The Balaban J connectivity index is 1.35. The van der Waals surface area contributed by atoms with Crippen LogP contribution in [0.15, 0.2) is 29.8 Å². The highest BCUT2D eigenvalue weighted by Crippen LogP contribution is 2.59. The Morgan fingerprint density at radius 1 is 1.04 bits per heavy atom. The molecule has 2 bridgehead atoms. The molecule has 5 atom stereocenters. The summed E-state index contributed by atoms with van der Waals surface area (Å²) in [5.74, 6) is 2.94. The first-order valence-corrected chi connectivity index (χ1v) is 18.4. The van der Waals surface area contributed by atoms with Gasteiger partial charge in [-0.2, -0.15) is 5.10 Å². The monoisotopic (exact) mass is 691 g/mol. The van der Waals surface area contributed by atoms with Crippen molar-refractivity contribution in [3.05, 3.63) is 47.1 Å². The maximum Gasteiger partial charge on any atom is 0.243 e. The van der Waals surface area contributed by atoms with Crippen LogP contribution in [0.5, 0.6) is 11.5 Å². The van der Waals surface area contributed by atoms with E-state index in [2.05, 4.69) is 40.8 Å². The number of fused-ring (bicyclic) bond motifs is 2. The van der Waals surface area contributed by atoms with Crippen molar-refractivity contribution in [2.45, 2.75) is 98.2 Å². The van der Waals surface area contributed by atoms with Crippen molar-refractivity contribution < 1.29 is 23.9 Å². The first-order valence-electron chi connectivity index (χ1n) is 18.4. The number of allylic oxidation sites excluding steroid dienone is 1. The quantitative estimate of drug-likeness (QED) is 0.351. The topological polar surface area (TPSA) is 140 Å². The molecule has 6 rings (SSSR count). The van der Waals surface area contributed by atoms with Crippen molar-refractivity contribution in [3.63, 3.8) is 0 Å². The number of nitrogens with one attached hydrogen (secondary N) is 3. The number of hydrogen-bond donors (Lipinski definition) is 3. The summed E-state index contributed by atoms with van der Waals surface area (Å²) in [5, 5.41) is 13.9. The highest BCUT2D eigenvalue weighted by Gasteiger charge is 2.51. The molecule has 4 aliphatic rings. The molecule has 2 heterocycles. The highest BCUT2D eigenvalue weighted by molar-refractivity contribution is 5.88. The molecule has 12 heteroatoms. The molecule has 0 unspecified atom stereocenters. The van der Waals surface area contributed by atoms with E-state index in [0.29, 0.717) is 60.3 Å². The summed E-state index contributed by atoms with van der Waals surface area (Å²) in [6.45, 7) is 13.6. The zero-order valence-corrected chi connectivity index (χ0v) is 31.0. The number of hydrogen-bond acceptors (Lipinski definition) is 8. The number of rotatable bonds is 8. The smallest absolute Gasteiger partial charge is 0.243 e. The maximum absolute atomic E-state index is 13.7. The molecule has 3 N–H and O–H groups in total. The molecule has 3 aliphatic carbocycles. The van der Waals surface area contributed by atoms with Crippen LogP contribution >= 0.6 is 0 Å². The molecule has 1 aromatic heterocycles. The summed E-state index contributed by atoms with van der Waals surface area (Å²) in [5.41, 5.74) is 2.77. The largest absolute Gasteiger partial charge is 0.493 e. The van der Waals surface area contributed by atoms with Gasteiger partial charge < -0.3 is 25.4 Å². The first kappa shape index (κ1) is 37.3. The lowest BCUT2D eigenvalue weighted by molar-refractivity contribution is -0.130. The van der Waals surface area contributed by atoms with E-state index >= 15 is 0 Å². The van der Waals surface area contributed by atoms with Crippen LogP contribution in [0.25, 0.3) is 0 Å². The molecule has 0 radical (unpaired) electrons. The normalized spacial score (nSPS) is 25.7. The second-order valence-corrected chi connectivity index (χ2v) is 15.0. The fourth-order valence-corrected chi connectivity index (χ4v) is 7.77. The number of methoxy groups -OCH3 is 2. The zero-order chi connectivity index (χ0) is 36.0. The van der Waals surface area contributed by atoms with E-state index in [1.165, 1.54) is 12.0 Å². The molecule has 1 saturated carbocycles. The fourth-order valence-electron chi connectivity index (χ4n) is 7.77. The molecule has 3 amide bonds. The Hall–Kier alpha value is -3.93. The van der Waals surface area contributed by atoms with Crippen LogP contribution < -0.4 is 25.4 Å². The number of nitrogens with zero attached hydrogens (tertiary/aromatic N) is 4. The van der Waals surface area contributed by atoms with E-state index in [-0.39, 0.29) is 30.2 Å². The number of carbonyl (C=O) groups excluding carboxylic acids is 3. The SMILES string of the molecule is CC[C@H](C)[C@@H]1NC(=O)CCCN(CC2=CC[C@H]3C[C@@H]2C3(C)C)CCCNC(=O)Cn2nc(Cc3ccc(OC)c(OC)c3)nc2[C@@H](C)NC1=O. The summed E-state index contributed by atoms with van der Waals surface area (Å²) in [4.78, 5) is 47.5. The minimum atomic E-state index is -0.697. The Labute approximate surface area is 297 Å². The first-order chi connectivity index (χ1) is 23.9.